The van der Waals surface area contributed by atoms with E-state index in [9.17, 15) is 20.1 Å². The maximum Gasteiger partial charge on any atom is 0.251 e. The summed E-state index contributed by atoms with van der Waals surface area (Å²) in [5, 5.41) is 51.6. The third-order valence-electron chi connectivity index (χ3n) is 2.78. The highest BCUT2D eigenvalue weighted by atomic mass is 16.4. The number of amides is 1. The van der Waals surface area contributed by atoms with Crippen molar-refractivity contribution < 1.29 is 30.3 Å². The van der Waals surface area contributed by atoms with E-state index in [1.165, 1.54) is 0 Å². The fourth-order valence-corrected chi connectivity index (χ4v) is 1.51. The van der Waals surface area contributed by atoms with Gasteiger partial charge in [0.15, 0.2) is 6.10 Å². The molecule has 20 heavy (non-hydrogen) atoms. The number of nitrogens with one attached hydrogen (secondary N) is 2. The maximum atomic E-state index is 11.5. The number of carbonyl (C=O) groups excluding carboxylic acids is 1. The van der Waals surface area contributed by atoms with E-state index in [0.717, 1.165) is 19.5 Å². The average Bonchev–Trinajstić information content (AvgIpc) is 2.47. The monoisotopic (exact) mass is 294 g/mol. The van der Waals surface area contributed by atoms with Crippen LogP contribution in [0.4, 0.5) is 0 Å². The van der Waals surface area contributed by atoms with E-state index >= 15 is 0 Å². The Kier molecular flexibility index (Phi) is 10.5. The molecule has 0 saturated heterocycles. The number of rotatable bonds is 11. The van der Waals surface area contributed by atoms with Crippen LogP contribution in [-0.2, 0) is 4.79 Å². The van der Waals surface area contributed by atoms with E-state index in [0.29, 0.717) is 13.0 Å². The largest absolute Gasteiger partial charge is 0.394 e. The molecule has 0 aliphatic heterocycles. The summed E-state index contributed by atoms with van der Waals surface area (Å²) < 4.78 is 0. The summed E-state index contributed by atoms with van der Waals surface area (Å²) in [6.07, 6.45) is -5.47. The van der Waals surface area contributed by atoms with Crippen LogP contribution in [0.2, 0.25) is 0 Å². The fourth-order valence-electron chi connectivity index (χ4n) is 1.51. The zero-order valence-corrected chi connectivity index (χ0v) is 11.7. The number of aliphatic hydroxyl groups is 5. The summed E-state index contributed by atoms with van der Waals surface area (Å²) in [5.74, 6) is -0.836. The second-order valence-corrected chi connectivity index (χ2v) is 4.57. The van der Waals surface area contributed by atoms with Gasteiger partial charge in [-0.25, -0.2) is 0 Å². The van der Waals surface area contributed by atoms with E-state index in [2.05, 4.69) is 10.6 Å². The van der Waals surface area contributed by atoms with Gasteiger partial charge in [-0.2, -0.15) is 0 Å². The van der Waals surface area contributed by atoms with Crippen LogP contribution in [0.1, 0.15) is 19.8 Å². The van der Waals surface area contributed by atoms with Gasteiger partial charge in [0.05, 0.1) is 6.61 Å². The predicted molar refractivity (Wildman–Crippen MR) is 71.9 cm³/mol. The van der Waals surface area contributed by atoms with Crippen molar-refractivity contribution in [1.82, 2.24) is 10.6 Å². The molecule has 0 radical (unpaired) electrons. The zero-order chi connectivity index (χ0) is 15.5. The Morgan fingerprint density at radius 2 is 1.70 bits per heavy atom. The minimum absolute atomic E-state index is 0.317. The second-order valence-electron chi connectivity index (χ2n) is 4.57. The standard InChI is InChI=1S/C12H26N2O6/c1-2-4-13-5-3-6-14-12(20)11(19)10(18)9(17)8(16)7-15/h8-11,13,15-19H,2-7H2,1H3,(H,14,20)/t8-,9-,10+,11-/m1/s1. The van der Waals surface area contributed by atoms with Gasteiger partial charge in [0.2, 0.25) is 0 Å². The molecule has 0 saturated carbocycles. The molecule has 4 atom stereocenters. The SMILES string of the molecule is CCCNCCCNC(=O)[C@H](O)[C@@H](O)[C@H](O)[C@H](O)CO. The maximum absolute atomic E-state index is 11.5. The Labute approximate surface area is 118 Å². The fraction of sp³-hybridized carbons (Fsp3) is 0.917. The third-order valence-corrected chi connectivity index (χ3v) is 2.78. The molecule has 0 fully saturated rings. The first-order valence-corrected chi connectivity index (χ1v) is 6.77. The van der Waals surface area contributed by atoms with Gasteiger partial charge in [-0.1, -0.05) is 6.92 Å². The highest BCUT2D eigenvalue weighted by molar-refractivity contribution is 5.81. The molecule has 0 unspecified atom stereocenters. The molecule has 0 aromatic heterocycles. The lowest BCUT2D eigenvalue weighted by Gasteiger charge is -2.24. The lowest BCUT2D eigenvalue weighted by atomic mass is 10.0. The van der Waals surface area contributed by atoms with Crippen LogP contribution < -0.4 is 10.6 Å². The molecule has 0 aliphatic carbocycles. The molecule has 0 bridgehead atoms. The van der Waals surface area contributed by atoms with Crippen molar-refractivity contribution >= 4 is 5.91 Å². The molecule has 8 nitrogen and oxygen atoms in total. The summed E-state index contributed by atoms with van der Waals surface area (Å²) in [6.45, 7) is 3.19. The molecular weight excluding hydrogens is 268 g/mol. The van der Waals surface area contributed by atoms with Crippen molar-refractivity contribution in [3.8, 4) is 0 Å². The molecule has 1 amide bonds. The first kappa shape index (κ1) is 19.2. The molecule has 0 rings (SSSR count). The van der Waals surface area contributed by atoms with Crippen molar-refractivity contribution in [2.75, 3.05) is 26.2 Å². The summed E-state index contributed by atoms with van der Waals surface area (Å²) in [4.78, 5) is 11.5. The first-order chi connectivity index (χ1) is 9.45. The molecule has 0 aromatic carbocycles. The Balaban J connectivity index is 3.96. The van der Waals surface area contributed by atoms with Crippen molar-refractivity contribution in [2.24, 2.45) is 0 Å². The Morgan fingerprint density at radius 1 is 1.05 bits per heavy atom. The lowest BCUT2D eigenvalue weighted by Crippen LogP contribution is -2.51. The van der Waals surface area contributed by atoms with Crippen molar-refractivity contribution in [3.63, 3.8) is 0 Å². The van der Waals surface area contributed by atoms with Gasteiger partial charge in [0, 0.05) is 6.54 Å². The van der Waals surface area contributed by atoms with Gasteiger partial charge in [-0.15, -0.1) is 0 Å². The molecule has 0 spiro atoms. The minimum Gasteiger partial charge on any atom is -0.394 e. The van der Waals surface area contributed by atoms with Crippen LogP contribution in [0.3, 0.4) is 0 Å². The quantitative estimate of drug-likeness (QED) is 0.200. The summed E-state index contributed by atoms with van der Waals surface area (Å²) in [5.41, 5.74) is 0. The second kappa shape index (κ2) is 11.0. The molecule has 0 heterocycles. The van der Waals surface area contributed by atoms with Gasteiger partial charge < -0.3 is 36.2 Å². The van der Waals surface area contributed by atoms with Gasteiger partial charge in [0.25, 0.3) is 5.91 Å². The Hall–Kier alpha value is -0.770. The van der Waals surface area contributed by atoms with Crippen LogP contribution >= 0.6 is 0 Å². The lowest BCUT2D eigenvalue weighted by molar-refractivity contribution is -0.148. The van der Waals surface area contributed by atoms with Crippen molar-refractivity contribution in [1.29, 1.82) is 0 Å². The van der Waals surface area contributed by atoms with Gasteiger partial charge in [0.1, 0.15) is 18.3 Å². The molecule has 0 aliphatic rings. The summed E-state index contributed by atoms with van der Waals surface area (Å²) >= 11 is 0. The number of carbonyl (C=O) groups is 1. The Morgan fingerprint density at radius 3 is 2.25 bits per heavy atom. The third kappa shape index (κ3) is 7.13. The molecule has 8 heteroatoms. The van der Waals surface area contributed by atoms with Crippen LogP contribution in [0, 0.1) is 0 Å². The number of hydrogen-bond donors (Lipinski definition) is 7. The van der Waals surface area contributed by atoms with E-state index < -0.39 is 36.9 Å². The van der Waals surface area contributed by atoms with Crippen LogP contribution in [-0.4, -0.2) is 82.1 Å². The highest BCUT2D eigenvalue weighted by Gasteiger charge is 2.33. The van der Waals surface area contributed by atoms with E-state index in [-0.39, 0.29) is 0 Å². The minimum atomic E-state index is -1.87. The topological polar surface area (TPSA) is 142 Å². The molecule has 7 N–H and O–H groups in total. The van der Waals surface area contributed by atoms with Crippen LogP contribution in [0.5, 0.6) is 0 Å². The highest BCUT2D eigenvalue weighted by Crippen LogP contribution is 2.05. The smallest absolute Gasteiger partial charge is 0.251 e. The van der Waals surface area contributed by atoms with E-state index in [4.69, 9.17) is 10.2 Å². The zero-order valence-electron chi connectivity index (χ0n) is 11.7. The van der Waals surface area contributed by atoms with E-state index in [1.54, 1.807) is 0 Å². The molecule has 0 aromatic rings. The summed E-state index contributed by atoms with van der Waals surface area (Å²) in [6, 6.07) is 0. The van der Waals surface area contributed by atoms with Crippen LogP contribution in [0.15, 0.2) is 0 Å². The van der Waals surface area contributed by atoms with Crippen LogP contribution in [0.25, 0.3) is 0 Å². The van der Waals surface area contributed by atoms with Gasteiger partial charge in [-0.3, -0.25) is 4.79 Å². The first-order valence-electron chi connectivity index (χ1n) is 6.77. The normalized spacial score (nSPS) is 17.3. The van der Waals surface area contributed by atoms with Gasteiger partial charge in [-0.05, 0) is 25.9 Å². The van der Waals surface area contributed by atoms with Gasteiger partial charge >= 0.3 is 0 Å². The predicted octanol–water partition coefficient (Wildman–Crippen LogP) is -3.07. The number of hydrogen-bond acceptors (Lipinski definition) is 7. The average molecular weight is 294 g/mol. The van der Waals surface area contributed by atoms with Crippen molar-refractivity contribution in [3.05, 3.63) is 0 Å². The summed E-state index contributed by atoms with van der Waals surface area (Å²) in [7, 11) is 0. The Bertz CT molecular complexity index is 266. The molecular formula is C12H26N2O6. The number of aliphatic hydroxyl groups excluding tert-OH is 5. The van der Waals surface area contributed by atoms with E-state index in [1.807, 2.05) is 6.92 Å². The molecule has 120 valence electrons. The van der Waals surface area contributed by atoms with Crippen molar-refractivity contribution in [2.45, 2.75) is 44.2 Å².